The van der Waals surface area contributed by atoms with Gasteiger partial charge in [0.1, 0.15) is 5.82 Å². The van der Waals surface area contributed by atoms with Gasteiger partial charge < -0.3 is 10.6 Å². The van der Waals surface area contributed by atoms with Crippen LogP contribution in [0.3, 0.4) is 0 Å². The van der Waals surface area contributed by atoms with Crippen LogP contribution in [-0.4, -0.2) is 19.6 Å². The van der Waals surface area contributed by atoms with Gasteiger partial charge >= 0.3 is 0 Å². The zero-order chi connectivity index (χ0) is 12.3. The van der Waals surface area contributed by atoms with E-state index in [1.54, 1.807) is 6.07 Å². The molecule has 0 bridgehead atoms. The minimum absolute atomic E-state index is 0.185. The molecule has 0 amide bonds. The van der Waals surface area contributed by atoms with E-state index in [4.69, 9.17) is 5.73 Å². The van der Waals surface area contributed by atoms with Crippen LogP contribution >= 0.6 is 0 Å². The predicted octanol–water partition coefficient (Wildman–Crippen LogP) is 2.56. The highest BCUT2D eigenvalue weighted by molar-refractivity contribution is 5.52. The molecule has 0 heterocycles. The van der Waals surface area contributed by atoms with Crippen LogP contribution in [0.4, 0.5) is 10.1 Å². The van der Waals surface area contributed by atoms with E-state index in [0.29, 0.717) is 0 Å². The van der Waals surface area contributed by atoms with Crippen LogP contribution in [0, 0.1) is 5.82 Å². The van der Waals surface area contributed by atoms with Crippen LogP contribution in [0.1, 0.15) is 25.8 Å². The summed E-state index contributed by atoms with van der Waals surface area (Å²) in [4.78, 5) is 2.00. The molecule has 0 saturated carbocycles. The number of hydrogen-bond donors (Lipinski definition) is 1. The number of hydrogen-bond acceptors (Lipinski definition) is 2. The van der Waals surface area contributed by atoms with Gasteiger partial charge in [0.2, 0.25) is 0 Å². The number of nitrogens with two attached hydrogens (primary N) is 1. The molecule has 0 aromatic heterocycles. The van der Waals surface area contributed by atoms with Gasteiger partial charge in [0.15, 0.2) is 0 Å². The Morgan fingerprint density at radius 1 is 1.31 bits per heavy atom. The maximum atomic E-state index is 13.2. The average Bonchev–Trinajstić information content (AvgIpc) is 2.13. The Labute approximate surface area is 97.3 Å². The summed E-state index contributed by atoms with van der Waals surface area (Å²) in [5.41, 5.74) is 7.81. The number of rotatable bonds is 4. The van der Waals surface area contributed by atoms with Crippen molar-refractivity contribution >= 4 is 5.69 Å². The lowest BCUT2D eigenvalue weighted by Crippen LogP contribution is -2.32. The molecule has 1 aromatic carbocycles. The standard InChI is InChI=1S/C13H21FN2/c1-13(2,15)8-7-10-9-11(14)5-6-12(10)16(3)4/h5-6,9H,7-8,15H2,1-4H3. The molecule has 0 fully saturated rings. The molecule has 1 rings (SSSR count). The number of halogens is 1. The summed E-state index contributed by atoms with van der Waals surface area (Å²) < 4.78 is 13.2. The minimum Gasteiger partial charge on any atom is -0.377 e. The predicted molar refractivity (Wildman–Crippen MR) is 67.3 cm³/mol. The second-order valence-corrected chi connectivity index (χ2v) is 5.16. The van der Waals surface area contributed by atoms with Crippen molar-refractivity contribution in [3.8, 4) is 0 Å². The smallest absolute Gasteiger partial charge is 0.123 e. The lowest BCUT2D eigenvalue weighted by atomic mass is 9.95. The van der Waals surface area contributed by atoms with E-state index in [1.807, 2.05) is 38.9 Å². The quantitative estimate of drug-likeness (QED) is 0.851. The first-order chi connectivity index (χ1) is 7.29. The van der Waals surface area contributed by atoms with E-state index in [9.17, 15) is 4.39 Å². The maximum Gasteiger partial charge on any atom is 0.123 e. The van der Waals surface area contributed by atoms with Gasteiger partial charge in [0.25, 0.3) is 0 Å². The van der Waals surface area contributed by atoms with E-state index in [1.165, 1.54) is 6.07 Å². The first-order valence-corrected chi connectivity index (χ1v) is 5.54. The Morgan fingerprint density at radius 3 is 2.44 bits per heavy atom. The molecule has 2 N–H and O–H groups in total. The third kappa shape index (κ3) is 3.81. The van der Waals surface area contributed by atoms with Gasteiger partial charge in [0, 0.05) is 25.3 Å². The molecule has 0 atom stereocenters. The van der Waals surface area contributed by atoms with Crippen LogP contribution in [-0.2, 0) is 6.42 Å². The highest BCUT2D eigenvalue weighted by atomic mass is 19.1. The van der Waals surface area contributed by atoms with Crippen LogP contribution in [0.2, 0.25) is 0 Å². The van der Waals surface area contributed by atoms with Crippen LogP contribution in [0.15, 0.2) is 18.2 Å². The van der Waals surface area contributed by atoms with Gasteiger partial charge in [-0.15, -0.1) is 0 Å². The molecule has 2 nitrogen and oxygen atoms in total. The van der Waals surface area contributed by atoms with Crippen molar-refractivity contribution in [2.45, 2.75) is 32.2 Å². The summed E-state index contributed by atoms with van der Waals surface area (Å²) in [6, 6.07) is 4.90. The zero-order valence-corrected chi connectivity index (χ0v) is 10.5. The largest absolute Gasteiger partial charge is 0.377 e. The number of aryl methyl sites for hydroxylation is 1. The molecule has 0 saturated heterocycles. The summed E-state index contributed by atoms with van der Waals surface area (Å²) in [6.07, 6.45) is 1.64. The molecular formula is C13H21FN2. The van der Waals surface area contributed by atoms with Crippen molar-refractivity contribution in [3.05, 3.63) is 29.6 Å². The number of nitrogens with zero attached hydrogens (tertiary/aromatic N) is 1. The highest BCUT2D eigenvalue weighted by Gasteiger charge is 2.13. The van der Waals surface area contributed by atoms with Crippen molar-refractivity contribution in [3.63, 3.8) is 0 Å². The molecule has 0 unspecified atom stereocenters. The summed E-state index contributed by atoms with van der Waals surface area (Å²) in [6.45, 7) is 3.98. The summed E-state index contributed by atoms with van der Waals surface area (Å²) in [5.74, 6) is -0.185. The van der Waals surface area contributed by atoms with Crippen molar-refractivity contribution < 1.29 is 4.39 Å². The molecule has 1 aromatic rings. The molecule has 0 aliphatic carbocycles. The normalized spacial score (nSPS) is 11.6. The number of benzene rings is 1. The van der Waals surface area contributed by atoms with Crippen molar-refractivity contribution in [1.29, 1.82) is 0 Å². The Hall–Kier alpha value is -1.09. The molecule has 3 heteroatoms. The van der Waals surface area contributed by atoms with E-state index in [-0.39, 0.29) is 11.4 Å². The summed E-state index contributed by atoms with van der Waals surface area (Å²) in [5, 5.41) is 0. The first kappa shape index (κ1) is 13.0. The monoisotopic (exact) mass is 224 g/mol. The van der Waals surface area contributed by atoms with Gasteiger partial charge in [-0.1, -0.05) is 0 Å². The molecule has 0 aliphatic rings. The third-order valence-electron chi connectivity index (χ3n) is 2.56. The average molecular weight is 224 g/mol. The fourth-order valence-corrected chi connectivity index (χ4v) is 1.65. The third-order valence-corrected chi connectivity index (χ3v) is 2.56. The topological polar surface area (TPSA) is 29.3 Å². The fourth-order valence-electron chi connectivity index (χ4n) is 1.65. The number of anilines is 1. The second kappa shape index (κ2) is 4.83. The highest BCUT2D eigenvalue weighted by Crippen LogP contribution is 2.22. The lowest BCUT2D eigenvalue weighted by Gasteiger charge is -2.21. The summed E-state index contributed by atoms with van der Waals surface area (Å²) in [7, 11) is 3.93. The van der Waals surface area contributed by atoms with E-state index in [2.05, 4.69) is 0 Å². The molecular weight excluding hydrogens is 203 g/mol. The Bertz CT molecular complexity index is 353. The van der Waals surface area contributed by atoms with Gasteiger partial charge in [-0.25, -0.2) is 4.39 Å². The van der Waals surface area contributed by atoms with Crippen molar-refractivity contribution in [2.75, 3.05) is 19.0 Å². The van der Waals surface area contributed by atoms with Crippen LogP contribution < -0.4 is 10.6 Å². The first-order valence-electron chi connectivity index (χ1n) is 5.54. The SMILES string of the molecule is CN(C)c1ccc(F)cc1CCC(C)(C)N. The molecule has 90 valence electrons. The van der Waals surface area contributed by atoms with Gasteiger partial charge in [0.05, 0.1) is 0 Å². The van der Waals surface area contributed by atoms with E-state index >= 15 is 0 Å². The van der Waals surface area contributed by atoms with E-state index in [0.717, 1.165) is 24.1 Å². The Morgan fingerprint density at radius 2 is 1.94 bits per heavy atom. The zero-order valence-electron chi connectivity index (χ0n) is 10.5. The van der Waals surface area contributed by atoms with Gasteiger partial charge in [-0.05, 0) is 50.5 Å². The van der Waals surface area contributed by atoms with Gasteiger partial charge in [-0.3, -0.25) is 0 Å². The minimum atomic E-state index is -0.212. The second-order valence-electron chi connectivity index (χ2n) is 5.16. The Kier molecular flexibility index (Phi) is 3.92. The van der Waals surface area contributed by atoms with Gasteiger partial charge in [-0.2, -0.15) is 0 Å². The molecule has 0 aliphatic heterocycles. The van der Waals surface area contributed by atoms with Crippen LogP contribution in [0.25, 0.3) is 0 Å². The lowest BCUT2D eigenvalue weighted by molar-refractivity contribution is 0.476. The Balaban J connectivity index is 2.88. The molecule has 16 heavy (non-hydrogen) atoms. The maximum absolute atomic E-state index is 13.2. The van der Waals surface area contributed by atoms with Crippen LogP contribution in [0.5, 0.6) is 0 Å². The summed E-state index contributed by atoms with van der Waals surface area (Å²) >= 11 is 0. The van der Waals surface area contributed by atoms with Crippen molar-refractivity contribution in [2.24, 2.45) is 5.73 Å². The molecule has 0 radical (unpaired) electrons. The fraction of sp³-hybridized carbons (Fsp3) is 0.538. The van der Waals surface area contributed by atoms with Crippen molar-refractivity contribution in [1.82, 2.24) is 0 Å². The van der Waals surface area contributed by atoms with E-state index < -0.39 is 0 Å². The molecule has 0 spiro atoms.